The number of oxazole rings is 1. The highest BCUT2D eigenvalue weighted by Crippen LogP contribution is 2.25. The van der Waals surface area contributed by atoms with E-state index in [-0.39, 0.29) is 0 Å². The Morgan fingerprint density at radius 2 is 2.22 bits per heavy atom. The number of piperidine rings is 1. The van der Waals surface area contributed by atoms with Crippen molar-refractivity contribution in [2.45, 2.75) is 31.6 Å². The lowest BCUT2D eigenvalue weighted by atomic mass is 9.95. The van der Waals surface area contributed by atoms with Gasteiger partial charge in [0, 0.05) is 30.8 Å². The van der Waals surface area contributed by atoms with Crippen molar-refractivity contribution in [3.05, 3.63) is 48.1 Å². The summed E-state index contributed by atoms with van der Waals surface area (Å²) in [5, 5.41) is 7.20. The molecule has 1 fully saturated rings. The second-order valence-corrected chi connectivity index (χ2v) is 6.33. The summed E-state index contributed by atoms with van der Waals surface area (Å²) in [7, 11) is 0. The minimum absolute atomic E-state index is 0.593. The molecule has 120 valence electrons. The number of nitrogens with zero attached hydrogens (tertiary/aromatic N) is 3. The van der Waals surface area contributed by atoms with Gasteiger partial charge >= 0.3 is 0 Å². The van der Waals surface area contributed by atoms with E-state index in [9.17, 15) is 0 Å². The highest BCUT2D eigenvalue weighted by atomic mass is 16.3. The van der Waals surface area contributed by atoms with Gasteiger partial charge in [0.1, 0.15) is 5.52 Å². The van der Waals surface area contributed by atoms with Crippen molar-refractivity contribution >= 4 is 11.1 Å². The number of aryl methyl sites for hydroxylation is 1. The van der Waals surface area contributed by atoms with Crippen LogP contribution in [-0.2, 0) is 6.42 Å². The molecule has 2 aromatic heterocycles. The van der Waals surface area contributed by atoms with Crippen molar-refractivity contribution in [2.24, 2.45) is 0 Å². The second-order valence-electron chi connectivity index (χ2n) is 6.33. The number of fused-ring (bicyclic) bond motifs is 1. The quantitative estimate of drug-likeness (QED) is 0.785. The Balaban J connectivity index is 1.30. The number of aromatic amines is 1. The number of hydrogen-bond donors (Lipinski definition) is 1. The van der Waals surface area contributed by atoms with E-state index >= 15 is 0 Å². The van der Waals surface area contributed by atoms with E-state index in [0.717, 1.165) is 42.9 Å². The predicted molar refractivity (Wildman–Crippen MR) is 89.3 cm³/mol. The van der Waals surface area contributed by atoms with Gasteiger partial charge in [-0.25, -0.2) is 4.98 Å². The number of rotatable bonds is 5. The van der Waals surface area contributed by atoms with Gasteiger partial charge in [0.25, 0.3) is 0 Å². The zero-order valence-electron chi connectivity index (χ0n) is 13.2. The smallest absolute Gasteiger partial charge is 0.195 e. The van der Waals surface area contributed by atoms with Crippen LogP contribution in [0.2, 0.25) is 0 Å². The van der Waals surface area contributed by atoms with E-state index in [1.165, 1.54) is 25.1 Å². The van der Waals surface area contributed by atoms with Crippen LogP contribution in [-0.4, -0.2) is 39.7 Å². The molecule has 23 heavy (non-hydrogen) atoms. The van der Waals surface area contributed by atoms with Crippen LogP contribution >= 0.6 is 0 Å². The maximum atomic E-state index is 5.79. The summed E-state index contributed by atoms with van der Waals surface area (Å²) in [4.78, 5) is 7.11. The Morgan fingerprint density at radius 1 is 1.26 bits per heavy atom. The van der Waals surface area contributed by atoms with E-state index in [4.69, 9.17) is 4.42 Å². The molecule has 1 N–H and O–H groups in total. The van der Waals surface area contributed by atoms with Gasteiger partial charge in [-0.2, -0.15) is 5.10 Å². The molecule has 1 atom stereocenters. The first-order valence-electron chi connectivity index (χ1n) is 8.44. The molecule has 0 unspecified atom stereocenters. The van der Waals surface area contributed by atoms with Crippen LogP contribution in [0.4, 0.5) is 0 Å². The number of aromatic nitrogens is 3. The molecule has 5 heteroatoms. The third-order valence-corrected chi connectivity index (χ3v) is 4.67. The zero-order chi connectivity index (χ0) is 15.5. The van der Waals surface area contributed by atoms with Crippen molar-refractivity contribution in [1.82, 2.24) is 20.1 Å². The standard InChI is InChI=1S/C18H22N4O/c1-2-7-17-16(6-1)20-18(23-17)8-4-12-22-11-3-5-14(13-22)15-9-10-19-21-15/h1-2,6-7,9-10,14H,3-5,8,11-13H2,(H,19,21)/t14-/m1/s1. The number of hydrogen-bond acceptors (Lipinski definition) is 4. The molecule has 4 rings (SSSR count). The summed E-state index contributed by atoms with van der Waals surface area (Å²) in [6, 6.07) is 10.1. The molecule has 3 aromatic rings. The Kier molecular flexibility index (Phi) is 4.11. The third-order valence-electron chi connectivity index (χ3n) is 4.67. The van der Waals surface area contributed by atoms with Crippen LogP contribution in [0.5, 0.6) is 0 Å². The number of H-pyrrole nitrogens is 1. The molecule has 3 heterocycles. The maximum absolute atomic E-state index is 5.79. The van der Waals surface area contributed by atoms with Gasteiger partial charge in [-0.1, -0.05) is 12.1 Å². The topological polar surface area (TPSA) is 58.0 Å². The summed E-state index contributed by atoms with van der Waals surface area (Å²) in [5.74, 6) is 1.45. The molecule has 0 aliphatic carbocycles. The van der Waals surface area contributed by atoms with Crippen molar-refractivity contribution in [2.75, 3.05) is 19.6 Å². The molecular weight excluding hydrogens is 288 g/mol. The fourth-order valence-corrected chi connectivity index (χ4v) is 3.49. The molecule has 0 radical (unpaired) electrons. The molecule has 1 aliphatic rings. The van der Waals surface area contributed by atoms with Crippen molar-refractivity contribution in [1.29, 1.82) is 0 Å². The van der Waals surface area contributed by atoms with Gasteiger partial charge in [-0.15, -0.1) is 0 Å². The monoisotopic (exact) mass is 310 g/mol. The van der Waals surface area contributed by atoms with Gasteiger partial charge in [0.2, 0.25) is 0 Å². The maximum Gasteiger partial charge on any atom is 0.195 e. The Bertz CT molecular complexity index is 716. The van der Waals surface area contributed by atoms with Gasteiger partial charge in [-0.05, 0) is 50.6 Å². The van der Waals surface area contributed by atoms with Crippen molar-refractivity contribution in [3.8, 4) is 0 Å². The van der Waals surface area contributed by atoms with Crippen LogP contribution in [0.25, 0.3) is 11.1 Å². The first kappa shape index (κ1) is 14.5. The Hall–Kier alpha value is -2.14. The van der Waals surface area contributed by atoms with E-state index < -0.39 is 0 Å². The molecule has 0 spiro atoms. The number of nitrogens with one attached hydrogen (secondary N) is 1. The highest BCUT2D eigenvalue weighted by molar-refractivity contribution is 5.72. The third kappa shape index (κ3) is 3.29. The SMILES string of the molecule is c1ccc2oc(CCCN3CCC[C@@H](c4ccn[nH]4)C3)nc2c1. The van der Waals surface area contributed by atoms with Crippen LogP contribution < -0.4 is 0 Å². The first-order valence-corrected chi connectivity index (χ1v) is 8.44. The fourth-order valence-electron chi connectivity index (χ4n) is 3.49. The number of para-hydroxylation sites is 2. The summed E-state index contributed by atoms with van der Waals surface area (Å²) < 4.78 is 5.79. The molecule has 0 amide bonds. The number of benzene rings is 1. The minimum atomic E-state index is 0.593. The summed E-state index contributed by atoms with van der Waals surface area (Å²) >= 11 is 0. The molecule has 0 bridgehead atoms. The van der Waals surface area contributed by atoms with E-state index in [2.05, 4.69) is 26.1 Å². The largest absolute Gasteiger partial charge is 0.441 e. The minimum Gasteiger partial charge on any atom is -0.441 e. The lowest BCUT2D eigenvalue weighted by Gasteiger charge is -2.32. The summed E-state index contributed by atoms with van der Waals surface area (Å²) in [5.41, 5.74) is 3.12. The second kappa shape index (κ2) is 6.54. The van der Waals surface area contributed by atoms with Crippen LogP contribution in [0.3, 0.4) is 0 Å². The van der Waals surface area contributed by atoms with E-state index in [1.807, 2.05) is 30.5 Å². The average molecular weight is 310 g/mol. The van der Waals surface area contributed by atoms with Crippen molar-refractivity contribution in [3.63, 3.8) is 0 Å². The van der Waals surface area contributed by atoms with Gasteiger partial charge in [0.05, 0.1) is 0 Å². The van der Waals surface area contributed by atoms with Crippen LogP contribution in [0.15, 0.2) is 40.9 Å². The average Bonchev–Trinajstić information content (AvgIpc) is 3.24. The normalized spacial score (nSPS) is 19.4. The zero-order valence-corrected chi connectivity index (χ0v) is 13.2. The molecule has 5 nitrogen and oxygen atoms in total. The molecule has 1 saturated heterocycles. The Labute approximate surface area is 135 Å². The molecule has 1 aromatic carbocycles. The van der Waals surface area contributed by atoms with Gasteiger partial charge < -0.3 is 9.32 Å². The highest BCUT2D eigenvalue weighted by Gasteiger charge is 2.21. The van der Waals surface area contributed by atoms with Crippen LogP contribution in [0, 0.1) is 0 Å². The Morgan fingerprint density at radius 3 is 3.09 bits per heavy atom. The molecule has 0 saturated carbocycles. The van der Waals surface area contributed by atoms with E-state index in [0.29, 0.717) is 5.92 Å². The summed E-state index contributed by atoms with van der Waals surface area (Å²) in [6.07, 6.45) is 6.35. The van der Waals surface area contributed by atoms with Gasteiger partial charge in [0.15, 0.2) is 11.5 Å². The molecular formula is C18H22N4O. The predicted octanol–water partition coefficient (Wildman–Crippen LogP) is 3.36. The lowest BCUT2D eigenvalue weighted by molar-refractivity contribution is 0.203. The van der Waals surface area contributed by atoms with E-state index in [1.54, 1.807) is 0 Å². The lowest BCUT2D eigenvalue weighted by Crippen LogP contribution is -2.35. The van der Waals surface area contributed by atoms with Gasteiger partial charge in [-0.3, -0.25) is 5.10 Å². The number of likely N-dealkylation sites (tertiary alicyclic amines) is 1. The summed E-state index contributed by atoms with van der Waals surface area (Å²) in [6.45, 7) is 3.41. The molecule has 1 aliphatic heterocycles. The fraction of sp³-hybridized carbons (Fsp3) is 0.444. The van der Waals surface area contributed by atoms with Crippen LogP contribution in [0.1, 0.15) is 36.8 Å². The van der Waals surface area contributed by atoms with Crippen molar-refractivity contribution < 1.29 is 4.42 Å². The first-order chi connectivity index (χ1) is 11.4.